The normalized spacial score (nSPS) is 23.3. The van der Waals surface area contributed by atoms with Gasteiger partial charge in [0, 0.05) is 0 Å². The number of esters is 1. The summed E-state index contributed by atoms with van der Waals surface area (Å²) in [6.45, 7) is 0.193. The van der Waals surface area contributed by atoms with Crippen molar-refractivity contribution in [1.29, 1.82) is 0 Å². The van der Waals surface area contributed by atoms with Crippen molar-refractivity contribution in [2.75, 3.05) is 13.7 Å². The smallest absolute Gasteiger partial charge is 0.334 e. The van der Waals surface area contributed by atoms with Crippen LogP contribution in [0.15, 0.2) is 4.99 Å². The van der Waals surface area contributed by atoms with E-state index in [1.165, 1.54) is 7.11 Å². The molecule has 5 heteroatoms. The van der Waals surface area contributed by atoms with Crippen LogP contribution in [0.5, 0.6) is 0 Å². The molecular formula is C5H8N2O3. The minimum Gasteiger partial charge on any atom is -0.467 e. The van der Waals surface area contributed by atoms with Crippen LogP contribution in [-0.4, -0.2) is 31.7 Å². The van der Waals surface area contributed by atoms with Crippen molar-refractivity contribution in [3.8, 4) is 0 Å². The van der Waals surface area contributed by atoms with Crippen LogP contribution in [0.25, 0.3) is 0 Å². The Bertz CT molecular complexity index is 178. The monoisotopic (exact) mass is 144 g/mol. The maximum absolute atomic E-state index is 10.7. The Kier molecular flexibility index (Phi) is 1.75. The van der Waals surface area contributed by atoms with Gasteiger partial charge in [0.25, 0.3) is 6.02 Å². The zero-order chi connectivity index (χ0) is 7.56. The molecule has 0 spiro atoms. The maximum atomic E-state index is 10.7. The fourth-order valence-corrected chi connectivity index (χ4v) is 0.649. The van der Waals surface area contributed by atoms with Crippen molar-refractivity contribution in [2.24, 2.45) is 10.7 Å². The Balaban J connectivity index is 2.52. The molecule has 5 nitrogen and oxygen atoms in total. The summed E-state index contributed by atoms with van der Waals surface area (Å²) in [7, 11) is 1.30. The van der Waals surface area contributed by atoms with Gasteiger partial charge >= 0.3 is 5.97 Å². The molecule has 1 aliphatic heterocycles. The molecule has 0 aliphatic carbocycles. The van der Waals surface area contributed by atoms with Gasteiger partial charge in [0.15, 0.2) is 6.04 Å². The van der Waals surface area contributed by atoms with Crippen molar-refractivity contribution < 1.29 is 14.3 Å². The molecule has 10 heavy (non-hydrogen) atoms. The summed E-state index contributed by atoms with van der Waals surface area (Å²) in [5, 5.41) is 0. The Labute approximate surface area is 57.8 Å². The van der Waals surface area contributed by atoms with Crippen molar-refractivity contribution in [3.05, 3.63) is 0 Å². The molecule has 0 saturated heterocycles. The highest BCUT2D eigenvalue weighted by Crippen LogP contribution is 2.02. The van der Waals surface area contributed by atoms with E-state index in [1.807, 2.05) is 0 Å². The molecule has 1 heterocycles. The molecule has 1 rings (SSSR count). The van der Waals surface area contributed by atoms with E-state index in [0.717, 1.165) is 0 Å². The Hall–Kier alpha value is -1.26. The van der Waals surface area contributed by atoms with Crippen LogP contribution < -0.4 is 5.73 Å². The Morgan fingerprint density at radius 2 is 2.70 bits per heavy atom. The van der Waals surface area contributed by atoms with Crippen molar-refractivity contribution in [2.45, 2.75) is 6.04 Å². The molecule has 1 unspecified atom stereocenters. The molecule has 1 aliphatic rings. The van der Waals surface area contributed by atoms with Crippen LogP contribution >= 0.6 is 0 Å². The first-order valence-electron chi connectivity index (χ1n) is 2.78. The van der Waals surface area contributed by atoms with Crippen LogP contribution in [0.2, 0.25) is 0 Å². The molecule has 1 atom stereocenters. The van der Waals surface area contributed by atoms with E-state index < -0.39 is 12.0 Å². The molecule has 0 radical (unpaired) electrons. The third-order valence-electron chi connectivity index (χ3n) is 1.15. The van der Waals surface area contributed by atoms with Crippen LogP contribution in [0.3, 0.4) is 0 Å². The van der Waals surface area contributed by atoms with Crippen molar-refractivity contribution >= 4 is 12.0 Å². The largest absolute Gasteiger partial charge is 0.467 e. The molecule has 0 amide bonds. The molecule has 0 saturated carbocycles. The number of hydrogen-bond acceptors (Lipinski definition) is 5. The lowest BCUT2D eigenvalue weighted by atomic mass is 10.3. The van der Waals surface area contributed by atoms with Crippen LogP contribution in [0.1, 0.15) is 0 Å². The zero-order valence-corrected chi connectivity index (χ0v) is 5.53. The Morgan fingerprint density at radius 1 is 2.00 bits per heavy atom. The first-order valence-corrected chi connectivity index (χ1v) is 2.78. The number of methoxy groups -OCH3 is 1. The molecule has 0 aromatic carbocycles. The highest BCUT2D eigenvalue weighted by molar-refractivity contribution is 5.83. The number of nitrogens with two attached hydrogens (primary N) is 1. The number of nitrogens with zero attached hydrogens (tertiary/aromatic N) is 1. The average molecular weight is 144 g/mol. The van der Waals surface area contributed by atoms with Gasteiger partial charge in [0.1, 0.15) is 6.61 Å². The van der Waals surface area contributed by atoms with Gasteiger partial charge in [-0.25, -0.2) is 9.79 Å². The summed E-state index contributed by atoms with van der Waals surface area (Å²) in [6, 6.07) is -0.514. The van der Waals surface area contributed by atoms with Gasteiger partial charge < -0.3 is 15.2 Å². The summed E-state index contributed by atoms with van der Waals surface area (Å²) in [6.07, 6.45) is 0. The lowest BCUT2D eigenvalue weighted by Gasteiger charge is -1.99. The predicted octanol–water partition coefficient (Wildman–Crippen LogP) is -1.13. The highest BCUT2D eigenvalue weighted by Gasteiger charge is 2.24. The SMILES string of the molecule is COC(=O)C1COC(N)=N1. The van der Waals surface area contributed by atoms with E-state index in [1.54, 1.807) is 0 Å². The minimum absolute atomic E-state index is 0.0513. The second kappa shape index (κ2) is 2.55. The lowest BCUT2D eigenvalue weighted by molar-refractivity contribution is -0.142. The molecule has 56 valence electrons. The van der Waals surface area contributed by atoms with Gasteiger partial charge in [-0.1, -0.05) is 0 Å². The highest BCUT2D eigenvalue weighted by atomic mass is 16.5. The van der Waals surface area contributed by atoms with Gasteiger partial charge in [-0.2, -0.15) is 0 Å². The summed E-state index contributed by atoms with van der Waals surface area (Å²) >= 11 is 0. The molecular weight excluding hydrogens is 136 g/mol. The van der Waals surface area contributed by atoms with E-state index in [0.29, 0.717) is 0 Å². The zero-order valence-electron chi connectivity index (χ0n) is 5.53. The number of ether oxygens (including phenoxy) is 2. The number of aliphatic imine (C=N–C) groups is 1. The first kappa shape index (κ1) is 6.85. The fourth-order valence-electron chi connectivity index (χ4n) is 0.649. The predicted molar refractivity (Wildman–Crippen MR) is 33.4 cm³/mol. The molecule has 0 bridgehead atoms. The topological polar surface area (TPSA) is 73.9 Å². The maximum Gasteiger partial charge on any atom is 0.334 e. The van der Waals surface area contributed by atoms with E-state index in [-0.39, 0.29) is 12.6 Å². The van der Waals surface area contributed by atoms with Crippen molar-refractivity contribution in [3.63, 3.8) is 0 Å². The van der Waals surface area contributed by atoms with Gasteiger partial charge in [0.05, 0.1) is 7.11 Å². The number of amidine groups is 1. The third kappa shape index (κ3) is 1.18. The van der Waals surface area contributed by atoms with E-state index in [2.05, 4.69) is 9.73 Å². The van der Waals surface area contributed by atoms with Crippen molar-refractivity contribution in [1.82, 2.24) is 0 Å². The molecule has 2 N–H and O–H groups in total. The Morgan fingerprint density at radius 3 is 3.10 bits per heavy atom. The number of carbonyl (C=O) groups excluding carboxylic acids is 1. The summed E-state index contributed by atoms with van der Waals surface area (Å²) < 4.78 is 9.12. The first-order chi connectivity index (χ1) is 4.74. The third-order valence-corrected chi connectivity index (χ3v) is 1.15. The molecule has 0 aromatic heterocycles. The lowest BCUT2D eigenvalue weighted by Crippen LogP contribution is -2.21. The number of carbonyl (C=O) groups is 1. The average Bonchev–Trinajstić information content (AvgIpc) is 2.34. The summed E-state index contributed by atoms with van der Waals surface area (Å²) in [5.74, 6) is -0.416. The van der Waals surface area contributed by atoms with E-state index in [4.69, 9.17) is 10.5 Å². The van der Waals surface area contributed by atoms with Gasteiger partial charge in [-0.05, 0) is 0 Å². The minimum atomic E-state index is -0.565. The van der Waals surface area contributed by atoms with Crippen LogP contribution in [-0.2, 0) is 14.3 Å². The summed E-state index contributed by atoms with van der Waals surface area (Å²) in [5.41, 5.74) is 5.14. The molecule has 0 fully saturated rings. The van der Waals surface area contributed by atoms with E-state index in [9.17, 15) is 4.79 Å². The van der Waals surface area contributed by atoms with Gasteiger partial charge in [-0.3, -0.25) is 0 Å². The standard InChI is InChI=1S/C5H8N2O3/c1-9-4(8)3-2-10-5(6)7-3/h3H,2H2,1H3,(H2,6,7). The van der Waals surface area contributed by atoms with Crippen LogP contribution in [0.4, 0.5) is 0 Å². The van der Waals surface area contributed by atoms with Crippen LogP contribution in [0, 0.1) is 0 Å². The number of rotatable bonds is 1. The summed E-state index contributed by atoms with van der Waals surface area (Å²) in [4.78, 5) is 14.4. The molecule has 0 aromatic rings. The number of hydrogen-bond donors (Lipinski definition) is 1. The van der Waals surface area contributed by atoms with Gasteiger partial charge in [0.2, 0.25) is 0 Å². The fraction of sp³-hybridized carbons (Fsp3) is 0.600. The second-order valence-electron chi connectivity index (χ2n) is 1.82. The van der Waals surface area contributed by atoms with Gasteiger partial charge in [-0.15, -0.1) is 0 Å². The second-order valence-corrected chi connectivity index (χ2v) is 1.82. The quantitative estimate of drug-likeness (QED) is 0.473. The van der Waals surface area contributed by atoms with E-state index >= 15 is 0 Å².